The summed E-state index contributed by atoms with van der Waals surface area (Å²) >= 11 is 0. The number of hydrogen-bond acceptors (Lipinski definition) is 1. The van der Waals surface area contributed by atoms with E-state index in [0.29, 0.717) is 0 Å². The summed E-state index contributed by atoms with van der Waals surface area (Å²) in [4.78, 5) is 1.78. The molecule has 3 radical (unpaired) electrons. The molecule has 1 nitrogen and oxygen atoms in total. The van der Waals surface area contributed by atoms with E-state index in [1.165, 1.54) is 7.31 Å². The summed E-state index contributed by atoms with van der Waals surface area (Å²) in [5.41, 5.74) is 0. The number of rotatable bonds is 1. The molecule has 5 heavy (non-hydrogen) atoms. The topological polar surface area (TPSA) is 3.24 Å². The predicted octanol–water partition coefficient (Wildman–Crippen LogP) is -0.749. The monoisotopic (exact) mass is 66.1 g/mol. The normalized spacial score (nSPS) is 8.60. The van der Waals surface area contributed by atoms with Gasteiger partial charge in [0.2, 0.25) is 0 Å². The minimum atomic E-state index is 1.50. The van der Waals surface area contributed by atoms with E-state index in [-0.39, 0.29) is 0 Å². The van der Waals surface area contributed by atoms with E-state index in [2.05, 4.69) is 0 Å². The van der Waals surface area contributed by atoms with Crippen LogP contribution in [0.3, 0.4) is 0 Å². The lowest BCUT2D eigenvalue weighted by Gasteiger charge is -1.99. The molecule has 3 heteroatoms. The average molecular weight is 65.7 g/mol. The van der Waals surface area contributed by atoms with Gasteiger partial charge in [-0.1, -0.05) is 0 Å². The highest BCUT2D eigenvalue weighted by atomic mass is 14.9. The Labute approximate surface area is 35.0 Å². The van der Waals surface area contributed by atoms with Gasteiger partial charge in [-0.05, 0) is 14.1 Å². The van der Waals surface area contributed by atoms with Gasteiger partial charge in [0, 0.05) is 7.74 Å². The third-order valence-electron chi connectivity index (χ3n) is 0.298. The number of nitrogens with zero attached hydrogens (tertiary/aromatic N) is 1. The molecule has 25 valence electrons. The molecular formula is C2H6B2N. The van der Waals surface area contributed by atoms with Gasteiger partial charge < -0.3 is 4.81 Å². The van der Waals surface area contributed by atoms with E-state index >= 15 is 0 Å². The maximum absolute atomic E-state index is 4.97. The van der Waals surface area contributed by atoms with Crippen molar-refractivity contribution in [3.05, 3.63) is 0 Å². The first-order valence-corrected chi connectivity index (χ1v) is 1.49. The summed E-state index contributed by atoms with van der Waals surface area (Å²) in [6, 6.07) is 0. The van der Waals surface area contributed by atoms with Crippen molar-refractivity contribution < 1.29 is 0 Å². The second-order valence-electron chi connectivity index (χ2n) is 1.11. The summed E-state index contributed by atoms with van der Waals surface area (Å²) < 4.78 is 0. The Morgan fingerprint density at radius 3 is 1.80 bits per heavy atom. The quantitative estimate of drug-likeness (QED) is 0.364. The summed E-state index contributed by atoms with van der Waals surface area (Å²) in [5.74, 6) is 0. The van der Waals surface area contributed by atoms with Crippen molar-refractivity contribution in [2.45, 2.75) is 0 Å². The smallest absolute Gasteiger partial charge is 0.148 e. The number of hydrogen-bond donors (Lipinski definition) is 0. The van der Waals surface area contributed by atoms with E-state index in [4.69, 9.17) is 7.74 Å². The average Bonchev–Trinajstić information content (AvgIpc) is 1.38. The van der Waals surface area contributed by atoms with E-state index in [0.717, 1.165) is 0 Å². The zero-order valence-corrected chi connectivity index (χ0v) is 3.60. The highest BCUT2D eigenvalue weighted by Gasteiger charge is 1.75. The zero-order valence-electron chi connectivity index (χ0n) is 3.60. The molecule has 0 rings (SSSR count). The largest absolute Gasteiger partial charge is 0.361 e. The van der Waals surface area contributed by atoms with Crippen LogP contribution in [0.1, 0.15) is 0 Å². The van der Waals surface area contributed by atoms with Gasteiger partial charge in [0.15, 0.2) is 0 Å². The van der Waals surface area contributed by atoms with Crippen LogP contribution in [0.15, 0.2) is 0 Å². The van der Waals surface area contributed by atoms with Gasteiger partial charge in [-0.3, -0.25) is 0 Å². The minimum absolute atomic E-state index is 1.50. The van der Waals surface area contributed by atoms with Gasteiger partial charge in [-0.2, -0.15) is 0 Å². The third kappa shape index (κ3) is 4.09. The minimum Gasteiger partial charge on any atom is -0.361 e. The lowest BCUT2D eigenvalue weighted by molar-refractivity contribution is 0.673. The molecule has 0 aromatic carbocycles. The van der Waals surface area contributed by atoms with E-state index in [1.54, 1.807) is 4.81 Å². The van der Waals surface area contributed by atoms with Crippen molar-refractivity contribution in [3.63, 3.8) is 0 Å². The van der Waals surface area contributed by atoms with Crippen LogP contribution in [0, 0.1) is 0 Å². The summed E-state index contributed by atoms with van der Waals surface area (Å²) in [6.07, 6.45) is 0. The Bertz CT molecular complexity index is 21.6. The lowest BCUT2D eigenvalue weighted by atomic mass is 9.66. The fraction of sp³-hybridized carbons (Fsp3) is 1.00. The van der Waals surface area contributed by atoms with Gasteiger partial charge in [0.25, 0.3) is 0 Å². The molecule has 0 aliphatic heterocycles. The Balaban J connectivity index is 2.54. The van der Waals surface area contributed by atoms with Crippen molar-refractivity contribution in [2.75, 3.05) is 14.1 Å². The van der Waals surface area contributed by atoms with Crippen LogP contribution in [0.25, 0.3) is 0 Å². The molecule has 0 heterocycles. The van der Waals surface area contributed by atoms with Crippen LogP contribution >= 0.6 is 0 Å². The summed E-state index contributed by atoms with van der Waals surface area (Å²) in [6.45, 7) is 0. The van der Waals surface area contributed by atoms with Crippen molar-refractivity contribution in [1.82, 2.24) is 4.81 Å². The highest BCUT2D eigenvalue weighted by molar-refractivity contribution is 6.87. The molecule has 0 amide bonds. The van der Waals surface area contributed by atoms with E-state index in [1.807, 2.05) is 14.1 Å². The van der Waals surface area contributed by atoms with Crippen LogP contribution < -0.4 is 0 Å². The van der Waals surface area contributed by atoms with E-state index in [9.17, 15) is 0 Å². The first-order valence-electron chi connectivity index (χ1n) is 1.49. The van der Waals surface area contributed by atoms with Crippen molar-refractivity contribution in [2.24, 2.45) is 0 Å². The van der Waals surface area contributed by atoms with Crippen molar-refractivity contribution in [3.8, 4) is 0 Å². The Kier molecular flexibility index (Phi) is 2.38. The fourth-order valence-electron chi connectivity index (χ4n) is 0. The molecule has 0 fully saturated rings. The van der Waals surface area contributed by atoms with Crippen LogP contribution in [-0.2, 0) is 0 Å². The molecule has 0 saturated heterocycles. The molecule has 0 aliphatic rings. The predicted molar refractivity (Wildman–Crippen MR) is 25.2 cm³/mol. The molecule has 0 saturated carbocycles. The molecule has 0 aromatic rings. The van der Waals surface area contributed by atoms with Crippen molar-refractivity contribution in [1.29, 1.82) is 0 Å². The third-order valence-corrected chi connectivity index (χ3v) is 0.298. The Morgan fingerprint density at radius 1 is 1.60 bits per heavy atom. The fourth-order valence-corrected chi connectivity index (χ4v) is 0. The Morgan fingerprint density at radius 2 is 1.80 bits per heavy atom. The second kappa shape index (κ2) is 2.33. The maximum Gasteiger partial charge on any atom is 0.148 e. The van der Waals surface area contributed by atoms with Gasteiger partial charge >= 0.3 is 0 Å². The van der Waals surface area contributed by atoms with Gasteiger partial charge in [-0.25, -0.2) is 0 Å². The Hall–Kier alpha value is 0.0899. The highest BCUT2D eigenvalue weighted by Crippen LogP contribution is 1.54. The molecule has 0 spiro atoms. The van der Waals surface area contributed by atoms with Crippen LogP contribution in [-0.4, -0.2) is 33.9 Å². The SMILES string of the molecule is [B][B]N(C)C. The molecule has 0 bridgehead atoms. The molecule has 0 aromatic heterocycles. The van der Waals surface area contributed by atoms with Crippen LogP contribution in [0.4, 0.5) is 0 Å². The first-order chi connectivity index (χ1) is 2.27. The van der Waals surface area contributed by atoms with Crippen LogP contribution in [0.2, 0.25) is 0 Å². The van der Waals surface area contributed by atoms with Gasteiger partial charge in [0.05, 0.1) is 0 Å². The summed E-state index contributed by atoms with van der Waals surface area (Å²) in [7, 11) is 10.2. The molecule has 0 atom stereocenters. The molecule has 0 aliphatic carbocycles. The first kappa shape index (κ1) is 5.09. The maximum atomic E-state index is 4.97. The van der Waals surface area contributed by atoms with Gasteiger partial charge in [-0.15, -0.1) is 0 Å². The summed E-state index contributed by atoms with van der Waals surface area (Å²) in [5, 5.41) is 0. The molecule has 0 unspecified atom stereocenters. The van der Waals surface area contributed by atoms with Gasteiger partial charge in [0.1, 0.15) is 7.31 Å². The molecular weight excluding hydrogens is 59.7 g/mol. The van der Waals surface area contributed by atoms with Crippen molar-refractivity contribution >= 4 is 15.0 Å². The lowest BCUT2D eigenvalue weighted by Crippen LogP contribution is -2.16. The van der Waals surface area contributed by atoms with Crippen LogP contribution in [0.5, 0.6) is 0 Å². The molecule has 0 N–H and O–H groups in total. The second-order valence-corrected chi connectivity index (χ2v) is 1.11. The standard InChI is InChI=1S/C2H6B2N/c1-5(2)4-3/h1-2H3. The zero-order chi connectivity index (χ0) is 4.28. The van der Waals surface area contributed by atoms with E-state index < -0.39 is 0 Å².